The van der Waals surface area contributed by atoms with Crippen molar-refractivity contribution in [1.82, 2.24) is 9.44 Å². The molecule has 3 rings (SSSR count). The largest absolute Gasteiger partial charge is 0.479 e. The van der Waals surface area contributed by atoms with E-state index in [1.807, 2.05) is 0 Å². The Balaban J connectivity index is 2.09. The van der Waals surface area contributed by atoms with Gasteiger partial charge in [-0.1, -0.05) is 0 Å². The van der Waals surface area contributed by atoms with E-state index < -0.39 is 168 Å². The van der Waals surface area contributed by atoms with E-state index in [0.717, 1.165) is 7.11 Å². The van der Waals surface area contributed by atoms with E-state index >= 15 is 0 Å². The fourth-order valence-electron chi connectivity index (χ4n) is 5.72. The third-order valence-electron chi connectivity index (χ3n) is 7.90. The molecule has 330 valence electrons. The summed E-state index contributed by atoms with van der Waals surface area (Å²) in [5, 5.41) is 53.5. The van der Waals surface area contributed by atoms with E-state index in [9.17, 15) is 86.1 Å². The van der Waals surface area contributed by atoms with Gasteiger partial charge in [0.25, 0.3) is 10.1 Å². The number of aliphatic carboxylic acids is 1. The molecular formula is C20H36N2O29S5. The van der Waals surface area contributed by atoms with Crippen LogP contribution >= 0.6 is 0 Å². The summed E-state index contributed by atoms with van der Waals surface area (Å²) in [6.45, 7) is -2.66. The molecule has 0 bridgehead atoms. The predicted octanol–water partition coefficient (Wildman–Crippen LogP) is -8.23. The Bertz CT molecular complexity index is 1930. The number of hydrogen-bond acceptors (Lipinski definition) is 23. The molecule has 3 aliphatic rings. The Morgan fingerprint density at radius 3 is 1.54 bits per heavy atom. The van der Waals surface area contributed by atoms with E-state index in [0.29, 0.717) is 0 Å². The summed E-state index contributed by atoms with van der Waals surface area (Å²) in [7, 11) is -25.8. The van der Waals surface area contributed by atoms with E-state index in [-0.39, 0.29) is 0 Å². The highest BCUT2D eigenvalue weighted by molar-refractivity contribution is 7.85. The van der Waals surface area contributed by atoms with Gasteiger partial charge in [0, 0.05) is 7.11 Å². The third kappa shape index (κ3) is 14.0. The normalized spacial score (nSPS) is 37.9. The number of nitrogens with one attached hydrogen (secondary N) is 2. The Hall–Kier alpha value is -1.54. The van der Waals surface area contributed by atoms with Gasteiger partial charge >= 0.3 is 47.4 Å². The third-order valence-corrected chi connectivity index (χ3v) is 10.7. The minimum absolute atomic E-state index is 0.873. The van der Waals surface area contributed by atoms with Crippen LogP contribution in [0.4, 0.5) is 0 Å². The number of methoxy groups -OCH3 is 1. The topological polar surface area (TPSA) is 488 Å². The Morgan fingerprint density at radius 1 is 0.625 bits per heavy atom. The molecule has 31 nitrogen and oxygen atoms in total. The molecule has 0 aromatic heterocycles. The number of rotatable bonds is 18. The summed E-state index contributed by atoms with van der Waals surface area (Å²) in [4.78, 5) is 12.5. The zero-order chi connectivity index (χ0) is 42.9. The van der Waals surface area contributed by atoms with Gasteiger partial charge in [0.1, 0.15) is 54.8 Å². The lowest BCUT2D eigenvalue weighted by Crippen LogP contribution is -2.69. The second kappa shape index (κ2) is 18.4. The van der Waals surface area contributed by atoms with Crippen LogP contribution in [0.3, 0.4) is 0 Å². The Kier molecular flexibility index (Phi) is 16.0. The number of ether oxygens (including phenoxy) is 6. The summed E-state index contributed by atoms with van der Waals surface area (Å²) in [5.41, 5.74) is 0. The molecule has 3 heterocycles. The number of carboxylic acid groups (broad SMARTS) is 1. The van der Waals surface area contributed by atoms with Crippen LogP contribution in [-0.2, 0) is 93.1 Å². The molecule has 0 aromatic rings. The minimum atomic E-state index is -5.37. The van der Waals surface area contributed by atoms with E-state index in [1.165, 1.54) is 9.44 Å². The number of aliphatic hydroxyl groups excluding tert-OH is 4. The van der Waals surface area contributed by atoms with Crippen molar-refractivity contribution in [1.29, 1.82) is 0 Å². The first-order valence-corrected chi connectivity index (χ1v) is 22.0. The molecular weight excluding hydrogens is 893 g/mol. The molecule has 0 spiro atoms. The number of aliphatic hydroxyl groups is 4. The zero-order valence-electron chi connectivity index (χ0n) is 27.6. The number of hydrogen-bond donors (Lipinski definition) is 12. The average Bonchev–Trinajstić information content (AvgIpc) is 3.00. The van der Waals surface area contributed by atoms with Crippen molar-refractivity contribution in [3.8, 4) is 0 Å². The smallest absolute Gasteiger partial charge is 0.397 e. The van der Waals surface area contributed by atoms with Crippen LogP contribution in [0, 0.1) is 5.92 Å². The molecule has 0 aliphatic carbocycles. The molecule has 15 atom stereocenters. The molecule has 3 saturated heterocycles. The van der Waals surface area contributed by atoms with Gasteiger partial charge in [0.05, 0.1) is 31.0 Å². The second-order valence-electron chi connectivity index (χ2n) is 11.8. The molecule has 0 saturated carbocycles. The van der Waals surface area contributed by atoms with Crippen molar-refractivity contribution in [2.45, 2.75) is 85.9 Å². The fraction of sp³-hybridized carbons (Fsp3) is 0.950. The van der Waals surface area contributed by atoms with E-state index in [4.69, 9.17) is 37.5 Å². The summed E-state index contributed by atoms with van der Waals surface area (Å²) >= 11 is 0. The Morgan fingerprint density at radius 2 is 1.09 bits per heavy atom. The van der Waals surface area contributed by atoms with Gasteiger partial charge < -0.3 is 54.0 Å². The quantitative estimate of drug-likeness (QED) is 0.0568. The lowest BCUT2D eigenvalue weighted by Gasteiger charge is -2.49. The fourth-order valence-corrected chi connectivity index (χ4v) is 8.37. The summed E-state index contributed by atoms with van der Waals surface area (Å²) < 4.78 is 204. The van der Waals surface area contributed by atoms with E-state index in [1.54, 1.807) is 0 Å². The first-order chi connectivity index (χ1) is 25.3. The van der Waals surface area contributed by atoms with Gasteiger partial charge in [0.2, 0.25) is 0 Å². The van der Waals surface area contributed by atoms with Crippen LogP contribution < -0.4 is 9.44 Å². The zero-order valence-corrected chi connectivity index (χ0v) is 31.6. The molecule has 3 aliphatic heterocycles. The highest BCUT2D eigenvalue weighted by atomic mass is 32.3. The lowest BCUT2D eigenvalue weighted by atomic mass is 9.90. The molecule has 0 amide bonds. The summed E-state index contributed by atoms with van der Waals surface area (Å²) in [5.74, 6) is -6.21. The molecule has 1 unspecified atom stereocenters. The molecule has 3 fully saturated rings. The maximum atomic E-state index is 12.5. The summed E-state index contributed by atoms with van der Waals surface area (Å²) in [6.07, 6.45) is -28.5. The number of carboxylic acids is 1. The second-order valence-corrected chi connectivity index (χ2v) is 17.9. The van der Waals surface area contributed by atoms with Gasteiger partial charge in [-0.3, -0.25) is 22.8 Å². The SMILES string of the molecule is CO[C@H]1[C@H](O)[C@@H](NS(=O)(=O)O)[C@@H](O[C@H]2[C@H](O)[C@@H](CS(=O)(=O)O)[C@H](O[C@H]3[C@H](O)[C@@H](NS(=O)(=O)O)C(O)O[C@@H]3COS(=O)(=O)O)O[C@H]2C(=O)O)O[C@@H]1COS(=O)(=O)O. The van der Waals surface area contributed by atoms with Crippen molar-refractivity contribution in [3.05, 3.63) is 0 Å². The highest BCUT2D eigenvalue weighted by Crippen LogP contribution is 2.36. The van der Waals surface area contributed by atoms with Gasteiger partial charge in [-0.25, -0.2) is 13.2 Å². The summed E-state index contributed by atoms with van der Waals surface area (Å²) in [6, 6.07) is -4.63. The molecule has 0 radical (unpaired) electrons. The number of carbonyl (C=O) groups is 1. The van der Waals surface area contributed by atoms with Gasteiger partial charge in [0.15, 0.2) is 25.0 Å². The van der Waals surface area contributed by atoms with Crippen LogP contribution in [0.25, 0.3) is 0 Å². The first kappa shape index (κ1) is 48.8. The van der Waals surface area contributed by atoms with Gasteiger partial charge in [-0.15, -0.1) is 0 Å². The van der Waals surface area contributed by atoms with Crippen molar-refractivity contribution < 1.29 is 132 Å². The predicted molar refractivity (Wildman–Crippen MR) is 166 cm³/mol. The van der Waals surface area contributed by atoms with Crippen LogP contribution in [-0.4, -0.2) is 208 Å². The van der Waals surface area contributed by atoms with Crippen molar-refractivity contribution in [2.24, 2.45) is 5.92 Å². The molecule has 12 N–H and O–H groups in total. The lowest BCUT2D eigenvalue weighted by molar-refractivity contribution is -0.352. The minimum Gasteiger partial charge on any atom is -0.479 e. The molecule has 56 heavy (non-hydrogen) atoms. The van der Waals surface area contributed by atoms with Crippen LogP contribution in [0.2, 0.25) is 0 Å². The van der Waals surface area contributed by atoms with Gasteiger partial charge in [-0.05, 0) is 0 Å². The monoisotopic (exact) mass is 928 g/mol. The molecule has 0 aromatic carbocycles. The average molecular weight is 929 g/mol. The van der Waals surface area contributed by atoms with Crippen molar-refractivity contribution in [2.75, 3.05) is 26.1 Å². The van der Waals surface area contributed by atoms with Crippen LogP contribution in [0.15, 0.2) is 0 Å². The standard InChI is InChI=1S/C20H36N2O29S5/c1-44-13-6(2-45-55(38,39)40)48-20(9(12(13)25)22-54(35,36)37)50-15-10(23)5(4-52(29,30)31)19(51-16(15)17(26)27)49-14-7(3-46-56(41,42)43)47-18(28)8(11(14)24)21-53(32,33)34/h5-16,18-25,28H,2-4H2,1H3,(H,26,27)(H,29,30,31)(H,32,33,34)(H,35,36,37)(H,38,39,40)(H,41,42,43)/t5-,6-,7-,8-,9-,10-,11-,12-,13-,14-,15+,16-,18?,19-,20-/m1/s1. The van der Waals surface area contributed by atoms with Crippen LogP contribution in [0.1, 0.15) is 0 Å². The van der Waals surface area contributed by atoms with Crippen molar-refractivity contribution >= 4 is 57.5 Å². The maximum absolute atomic E-state index is 12.5. The van der Waals surface area contributed by atoms with Crippen LogP contribution in [0.5, 0.6) is 0 Å². The van der Waals surface area contributed by atoms with E-state index in [2.05, 4.69) is 8.37 Å². The maximum Gasteiger partial charge on any atom is 0.397 e. The highest BCUT2D eigenvalue weighted by Gasteiger charge is 2.57. The van der Waals surface area contributed by atoms with Gasteiger partial charge in [-0.2, -0.15) is 51.5 Å². The molecule has 36 heteroatoms. The first-order valence-electron chi connectivity index (χ1n) is 14.7. The Labute approximate surface area is 316 Å². The van der Waals surface area contributed by atoms with Crippen molar-refractivity contribution in [3.63, 3.8) is 0 Å².